The lowest BCUT2D eigenvalue weighted by atomic mass is 9.95. The van der Waals surface area contributed by atoms with Crippen molar-refractivity contribution < 1.29 is 9.59 Å². The van der Waals surface area contributed by atoms with E-state index < -0.39 is 0 Å². The van der Waals surface area contributed by atoms with Crippen LogP contribution in [0.2, 0.25) is 0 Å². The molecule has 134 valence electrons. The first-order chi connectivity index (χ1) is 13.2. The molecule has 2 amide bonds. The highest BCUT2D eigenvalue weighted by molar-refractivity contribution is 6.21. The lowest BCUT2D eigenvalue weighted by Crippen LogP contribution is -2.29. The Labute approximate surface area is 158 Å². The van der Waals surface area contributed by atoms with Gasteiger partial charge in [0.25, 0.3) is 11.8 Å². The third-order valence-corrected chi connectivity index (χ3v) is 4.90. The van der Waals surface area contributed by atoms with Gasteiger partial charge in [0.1, 0.15) is 0 Å². The molecule has 27 heavy (non-hydrogen) atoms. The number of fused-ring (bicyclic) bond motifs is 1. The Hall–Kier alpha value is -3.24. The summed E-state index contributed by atoms with van der Waals surface area (Å²) in [5.41, 5.74) is 5.25. The van der Waals surface area contributed by atoms with Crippen molar-refractivity contribution in [2.75, 3.05) is 7.05 Å². The molecule has 0 saturated carbocycles. The number of nitrogens with zero attached hydrogens (tertiary/aromatic N) is 1. The highest BCUT2D eigenvalue weighted by atomic mass is 16.2. The molecule has 0 radical (unpaired) electrons. The van der Waals surface area contributed by atoms with Gasteiger partial charge in [-0.1, -0.05) is 60.7 Å². The number of carbonyl (C=O) groups excluding carboxylic acids is 2. The number of rotatable bonds is 5. The van der Waals surface area contributed by atoms with Gasteiger partial charge in [0.15, 0.2) is 0 Å². The molecule has 4 nitrogen and oxygen atoms in total. The van der Waals surface area contributed by atoms with E-state index in [4.69, 9.17) is 0 Å². The second kappa shape index (κ2) is 7.17. The molecule has 0 unspecified atom stereocenters. The average molecular weight is 356 g/mol. The zero-order valence-electron chi connectivity index (χ0n) is 15.1. The second-order valence-corrected chi connectivity index (χ2v) is 6.59. The summed E-state index contributed by atoms with van der Waals surface area (Å²) in [5.74, 6) is -0.456. The van der Waals surface area contributed by atoms with Gasteiger partial charge in [0, 0.05) is 6.54 Å². The molecule has 1 heterocycles. The fraction of sp³-hybridized carbons (Fsp3) is 0.130. The molecule has 0 fully saturated rings. The second-order valence-electron chi connectivity index (χ2n) is 6.59. The summed E-state index contributed by atoms with van der Waals surface area (Å²) in [7, 11) is 1.92. The summed E-state index contributed by atoms with van der Waals surface area (Å²) in [4.78, 5) is 26.8. The SMILES string of the molecule is CNCc1ccccc1-c1ccccc1CN1C(=O)c2ccccc2C1=O. The van der Waals surface area contributed by atoms with E-state index in [1.807, 2.05) is 43.4 Å². The molecular weight excluding hydrogens is 336 g/mol. The molecule has 0 aliphatic carbocycles. The van der Waals surface area contributed by atoms with Crippen molar-refractivity contribution in [3.05, 3.63) is 95.1 Å². The van der Waals surface area contributed by atoms with Crippen LogP contribution in [-0.4, -0.2) is 23.8 Å². The molecule has 4 rings (SSSR count). The number of amides is 2. The predicted octanol–water partition coefficient (Wildman–Crippen LogP) is 3.87. The summed E-state index contributed by atoms with van der Waals surface area (Å²) >= 11 is 0. The highest BCUT2D eigenvalue weighted by Crippen LogP contribution is 2.30. The Balaban J connectivity index is 1.72. The van der Waals surface area contributed by atoms with Crippen LogP contribution in [0, 0.1) is 0 Å². The molecule has 0 atom stereocenters. The van der Waals surface area contributed by atoms with Crippen molar-refractivity contribution in [1.29, 1.82) is 0 Å². The van der Waals surface area contributed by atoms with Crippen LogP contribution in [0.5, 0.6) is 0 Å². The lowest BCUT2D eigenvalue weighted by Gasteiger charge is -2.18. The van der Waals surface area contributed by atoms with Gasteiger partial charge in [0.2, 0.25) is 0 Å². The zero-order chi connectivity index (χ0) is 18.8. The average Bonchev–Trinajstić information content (AvgIpc) is 2.94. The monoisotopic (exact) mass is 356 g/mol. The molecule has 0 saturated heterocycles. The van der Waals surface area contributed by atoms with Crippen molar-refractivity contribution in [3.63, 3.8) is 0 Å². The summed E-state index contributed by atoms with van der Waals surface area (Å²) in [6.45, 7) is 1.01. The summed E-state index contributed by atoms with van der Waals surface area (Å²) in [6, 6.07) is 23.1. The van der Waals surface area contributed by atoms with E-state index in [2.05, 4.69) is 17.4 Å². The van der Waals surface area contributed by atoms with Crippen LogP contribution < -0.4 is 5.32 Å². The van der Waals surface area contributed by atoms with Gasteiger partial charge in [-0.25, -0.2) is 0 Å². The minimum absolute atomic E-state index is 0.228. The summed E-state index contributed by atoms with van der Waals surface area (Å²) in [5, 5.41) is 3.19. The number of nitrogens with one attached hydrogen (secondary N) is 1. The first-order valence-electron chi connectivity index (χ1n) is 8.96. The van der Waals surface area contributed by atoms with Crippen molar-refractivity contribution in [2.24, 2.45) is 0 Å². The first kappa shape index (κ1) is 17.2. The predicted molar refractivity (Wildman–Crippen MR) is 105 cm³/mol. The molecule has 1 N–H and O–H groups in total. The Kier molecular flexibility index (Phi) is 4.57. The van der Waals surface area contributed by atoms with Crippen LogP contribution in [0.3, 0.4) is 0 Å². The van der Waals surface area contributed by atoms with Crippen molar-refractivity contribution in [1.82, 2.24) is 10.2 Å². The number of imide groups is 1. The van der Waals surface area contributed by atoms with E-state index in [-0.39, 0.29) is 18.4 Å². The fourth-order valence-electron chi connectivity index (χ4n) is 3.60. The van der Waals surface area contributed by atoms with E-state index >= 15 is 0 Å². The molecule has 0 bridgehead atoms. The Morgan fingerprint density at radius 2 is 1.11 bits per heavy atom. The molecular formula is C23H20N2O2. The molecule has 0 aromatic heterocycles. The van der Waals surface area contributed by atoms with Gasteiger partial charge in [-0.15, -0.1) is 0 Å². The van der Waals surface area contributed by atoms with Crippen molar-refractivity contribution in [2.45, 2.75) is 13.1 Å². The molecule has 0 spiro atoms. The number of hydrogen-bond acceptors (Lipinski definition) is 3. The highest BCUT2D eigenvalue weighted by Gasteiger charge is 2.35. The number of hydrogen-bond donors (Lipinski definition) is 1. The van der Waals surface area contributed by atoms with E-state index in [1.54, 1.807) is 24.3 Å². The largest absolute Gasteiger partial charge is 0.316 e. The maximum atomic E-state index is 12.7. The van der Waals surface area contributed by atoms with Crippen LogP contribution in [0.25, 0.3) is 11.1 Å². The van der Waals surface area contributed by atoms with Crippen LogP contribution in [-0.2, 0) is 13.1 Å². The molecule has 1 aliphatic rings. The van der Waals surface area contributed by atoms with Crippen molar-refractivity contribution >= 4 is 11.8 Å². The zero-order valence-corrected chi connectivity index (χ0v) is 15.1. The summed E-state index contributed by atoms with van der Waals surface area (Å²) in [6.07, 6.45) is 0. The quantitative estimate of drug-likeness (QED) is 0.706. The first-order valence-corrected chi connectivity index (χ1v) is 8.96. The minimum atomic E-state index is -0.228. The Bertz CT molecular complexity index is 991. The van der Waals surface area contributed by atoms with Gasteiger partial charge in [-0.05, 0) is 41.4 Å². The van der Waals surface area contributed by atoms with Crippen LogP contribution in [0.4, 0.5) is 0 Å². The maximum absolute atomic E-state index is 12.7. The van der Waals surface area contributed by atoms with E-state index in [0.29, 0.717) is 11.1 Å². The summed E-state index contributed by atoms with van der Waals surface area (Å²) < 4.78 is 0. The maximum Gasteiger partial charge on any atom is 0.261 e. The third-order valence-electron chi connectivity index (χ3n) is 4.90. The topological polar surface area (TPSA) is 49.4 Å². The third kappa shape index (κ3) is 3.04. The van der Waals surface area contributed by atoms with E-state index in [0.717, 1.165) is 23.2 Å². The van der Waals surface area contributed by atoms with Gasteiger partial charge < -0.3 is 5.32 Å². The number of carbonyl (C=O) groups is 2. The van der Waals surface area contributed by atoms with Gasteiger partial charge in [-0.2, -0.15) is 0 Å². The Morgan fingerprint density at radius 1 is 0.667 bits per heavy atom. The normalized spacial score (nSPS) is 13.1. The Morgan fingerprint density at radius 3 is 1.67 bits per heavy atom. The van der Waals surface area contributed by atoms with Gasteiger partial charge in [-0.3, -0.25) is 14.5 Å². The van der Waals surface area contributed by atoms with Crippen molar-refractivity contribution in [3.8, 4) is 11.1 Å². The smallest absolute Gasteiger partial charge is 0.261 e. The van der Waals surface area contributed by atoms with Crippen LogP contribution >= 0.6 is 0 Å². The fourth-order valence-corrected chi connectivity index (χ4v) is 3.60. The van der Waals surface area contributed by atoms with Crippen LogP contribution in [0.1, 0.15) is 31.8 Å². The lowest BCUT2D eigenvalue weighted by molar-refractivity contribution is 0.0642. The van der Waals surface area contributed by atoms with E-state index in [1.165, 1.54) is 10.5 Å². The standard InChI is InChI=1S/C23H20N2O2/c1-24-14-16-8-2-4-10-18(16)19-11-5-3-9-17(19)15-25-22(26)20-12-6-7-13-21(20)23(25)27/h2-13,24H,14-15H2,1H3. The minimum Gasteiger partial charge on any atom is -0.316 e. The van der Waals surface area contributed by atoms with Gasteiger partial charge in [0.05, 0.1) is 17.7 Å². The number of benzene rings is 3. The molecule has 3 aromatic carbocycles. The molecule has 4 heteroatoms. The van der Waals surface area contributed by atoms with Gasteiger partial charge >= 0.3 is 0 Å². The molecule has 1 aliphatic heterocycles. The van der Waals surface area contributed by atoms with Crippen LogP contribution in [0.15, 0.2) is 72.8 Å². The molecule has 3 aromatic rings. The van der Waals surface area contributed by atoms with E-state index in [9.17, 15) is 9.59 Å².